The number of hydrogen-bond acceptors (Lipinski definition) is 4. The molecule has 0 aromatic heterocycles. The minimum Gasteiger partial charge on any atom is -0.444 e. The Hall–Kier alpha value is -0.810. The van der Waals surface area contributed by atoms with Crippen LogP contribution in [0.3, 0.4) is 0 Å². The first-order valence-electron chi connectivity index (χ1n) is 6.20. The molecule has 5 heteroatoms. The molecule has 0 unspecified atom stereocenters. The van der Waals surface area contributed by atoms with Crippen LogP contribution in [0, 0.1) is 0 Å². The summed E-state index contributed by atoms with van der Waals surface area (Å²) >= 11 is 0. The van der Waals surface area contributed by atoms with E-state index in [0.29, 0.717) is 13.1 Å². The molecule has 0 aromatic rings. The number of ether oxygens (including phenoxy) is 2. The van der Waals surface area contributed by atoms with Crippen LogP contribution in [0.2, 0.25) is 0 Å². The van der Waals surface area contributed by atoms with Gasteiger partial charge >= 0.3 is 6.09 Å². The smallest absolute Gasteiger partial charge is 0.410 e. The Bertz CT molecular complexity index is 305. The summed E-state index contributed by atoms with van der Waals surface area (Å²) in [7, 11) is 0. The lowest BCUT2D eigenvalue weighted by Gasteiger charge is -2.27. The topological polar surface area (TPSA) is 64.8 Å². The fraction of sp³-hybridized carbons (Fsp3) is 0.917. The second kappa shape index (κ2) is 4.14. The van der Waals surface area contributed by atoms with E-state index < -0.39 is 5.60 Å². The summed E-state index contributed by atoms with van der Waals surface area (Å²) in [5, 5.41) is 0. The Morgan fingerprint density at radius 2 is 2.24 bits per heavy atom. The second-order valence-electron chi connectivity index (χ2n) is 5.98. The molecule has 2 rings (SSSR count). The van der Waals surface area contributed by atoms with Crippen molar-refractivity contribution in [1.82, 2.24) is 4.90 Å². The molecule has 0 aromatic carbocycles. The highest BCUT2D eigenvalue weighted by atomic mass is 16.6. The number of amides is 1. The van der Waals surface area contributed by atoms with Crippen LogP contribution < -0.4 is 5.73 Å². The Morgan fingerprint density at radius 3 is 2.76 bits per heavy atom. The van der Waals surface area contributed by atoms with E-state index in [0.717, 1.165) is 19.4 Å². The van der Waals surface area contributed by atoms with Crippen LogP contribution in [-0.2, 0) is 9.47 Å². The van der Waals surface area contributed by atoms with Crippen molar-refractivity contribution < 1.29 is 14.3 Å². The van der Waals surface area contributed by atoms with Gasteiger partial charge in [-0.1, -0.05) is 0 Å². The van der Waals surface area contributed by atoms with Crippen LogP contribution in [0.4, 0.5) is 4.79 Å². The molecule has 2 atom stereocenters. The number of carbonyl (C=O) groups is 1. The highest BCUT2D eigenvalue weighted by Crippen LogP contribution is 2.34. The molecule has 1 amide bonds. The van der Waals surface area contributed by atoms with Crippen molar-refractivity contribution in [3.63, 3.8) is 0 Å². The lowest BCUT2D eigenvalue weighted by molar-refractivity contribution is -0.00527. The summed E-state index contributed by atoms with van der Waals surface area (Å²) in [5.74, 6) is 0. The maximum Gasteiger partial charge on any atom is 0.410 e. The van der Waals surface area contributed by atoms with Crippen LogP contribution in [0.25, 0.3) is 0 Å². The molecule has 98 valence electrons. The van der Waals surface area contributed by atoms with Crippen LogP contribution in [0.1, 0.15) is 33.6 Å². The monoisotopic (exact) mass is 242 g/mol. The van der Waals surface area contributed by atoms with Crippen LogP contribution in [-0.4, -0.2) is 47.9 Å². The molecule has 2 saturated heterocycles. The first-order chi connectivity index (χ1) is 7.82. The van der Waals surface area contributed by atoms with E-state index in [2.05, 4.69) is 0 Å². The predicted octanol–water partition coefficient (Wildman–Crippen LogP) is 1.11. The van der Waals surface area contributed by atoms with Gasteiger partial charge < -0.3 is 20.1 Å². The van der Waals surface area contributed by atoms with Crippen molar-refractivity contribution in [2.24, 2.45) is 5.73 Å². The molecule has 2 aliphatic rings. The third-order valence-corrected chi connectivity index (χ3v) is 3.34. The van der Waals surface area contributed by atoms with E-state index in [-0.39, 0.29) is 17.7 Å². The van der Waals surface area contributed by atoms with E-state index in [1.807, 2.05) is 20.8 Å². The average Bonchev–Trinajstić information content (AvgIpc) is 2.74. The maximum atomic E-state index is 11.9. The highest BCUT2D eigenvalue weighted by molar-refractivity contribution is 5.69. The SMILES string of the molecule is CC(C)(C)OC(=O)N1C[C@H](N)[C@@]2(CCCO2)C1. The van der Waals surface area contributed by atoms with Gasteiger partial charge in [0.1, 0.15) is 11.2 Å². The number of nitrogens with two attached hydrogens (primary N) is 1. The van der Waals surface area contributed by atoms with Crippen LogP contribution in [0.5, 0.6) is 0 Å². The highest BCUT2D eigenvalue weighted by Gasteiger charge is 2.50. The van der Waals surface area contributed by atoms with Gasteiger partial charge in [0.25, 0.3) is 0 Å². The molecule has 0 aliphatic carbocycles. The van der Waals surface area contributed by atoms with Crippen molar-refractivity contribution in [2.75, 3.05) is 19.7 Å². The van der Waals surface area contributed by atoms with Gasteiger partial charge in [-0.3, -0.25) is 0 Å². The van der Waals surface area contributed by atoms with Gasteiger partial charge in [-0.05, 0) is 33.6 Å². The lowest BCUT2D eigenvalue weighted by atomic mass is 9.95. The Kier molecular flexibility index (Phi) is 3.08. The minimum atomic E-state index is -0.465. The van der Waals surface area contributed by atoms with Gasteiger partial charge in [-0.25, -0.2) is 4.79 Å². The summed E-state index contributed by atoms with van der Waals surface area (Å²) in [6.07, 6.45) is 1.67. The fourth-order valence-corrected chi connectivity index (χ4v) is 2.51. The quantitative estimate of drug-likeness (QED) is 0.691. The average molecular weight is 242 g/mol. The second-order valence-corrected chi connectivity index (χ2v) is 5.98. The third-order valence-electron chi connectivity index (χ3n) is 3.34. The summed E-state index contributed by atoms with van der Waals surface area (Å²) in [4.78, 5) is 13.6. The van der Waals surface area contributed by atoms with Crippen molar-refractivity contribution in [3.05, 3.63) is 0 Å². The molecule has 0 radical (unpaired) electrons. The minimum absolute atomic E-state index is 0.0995. The molecule has 2 fully saturated rings. The molecule has 5 nitrogen and oxygen atoms in total. The Balaban J connectivity index is 1.99. The van der Waals surface area contributed by atoms with Crippen LogP contribution in [0.15, 0.2) is 0 Å². The fourth-order valence-electron chi connectivity index (χ4n) is 2.51. The number of hydrogen-bond donors (Lipinski definition) is 1. The summed E-state index contributed by atoms with van der Waals surface area (Å²) in [5.41, 5.74) is 5.31. The van der Waals surface area contributed by atoms with Crippen molar-refractivity contribution in [3.8, 4) is 0 Å². The van der Waals surface area contributed by atoms with Gasteiger partial charge in [-0.15, -0.1) is 0 Å². The van der Waals surface area contributed by atoms with E-state index >= 15 is 0 Å². The molecular formula is C12H22N2O3. The van der Waals surface area contributed by atoms with Gasteiger partial charge in [0.05, 0.1) is 12.6 Å². The number of rotatable bonds is 0. The van der Waals surface area contributed by atoms with Crippen molar-refractivity contribution in [2.45, 2.75) is 50.9 Å². The maximum absolute atomic E-state index is 11.9. The first kappa shape index (κ1) is 12.6. The Morgan fingerprint density at radius 1 is 1.53 bits per heavy atom. The number of likely N-dealkylation sites (tertiary alicyclic amines) is 1. The summed E-state index contributed by atoms with van der Waals surface area (Å²) in [6, 6.07) is -0.0995. The van der Waals surface area contributed by atoms with Gasteiger partial charge in [0.15, 0.2) is 0 Å². The van der Waals surface area contributed by atoms with Crippen LogP contribution >= 0.6 is 0 Å². The van der Waals surface area contributed by atoms with E-state index in [4.69, 9.17) is 15.2 Å². The van der Waals surface area contributed by atoms with Crippen molar-refractivity contribution in [1.29, 1.82) is 0 Å². The third kappa shape index (κ3) is 2.55. The zero-order valence-corrected chi connectivity index (χ0v) is 10.9. The zero-order valence-electron chi connectivity index (χ0n) is 10.9. The predicted molar refractivity (Wildman–Crippen MR) is 63.7 cm³/mol. The largest absolute Gasteiger partial charge is 0.444 e. The molecule has 0 saturated carbocycles. The number of nitrogens with zero attached hydrogens (tertiary/aromatic N) is 1. The zero-order chi connectivity index (χ0) is 12.7. The van der Waals surface area contributed by atoms with Gasteiger partial charge in [-0.2, -0.15) is 0 Å². The number of carbonyl (C=O) groups excluding carboxylic acids is 1. The van der Waals surface area contributed by atoms with E-state index in [1.54, 1.807) is 4.90 Å². The lowest BCUT2D eigenvalue weighted by Crippen LogP contribution is -2.46. The van der Waals surface area contributed by atoms with Gasteiger partial charge in [0.2, 0.25) is 0 Å². The molecular weight excluding hydrogens is 220 g/mol. The molecule has 2 N–H and O–H groups in total. The van der Waals surface area contributed by atoms with Gasteiger partial charge in [0, 0.05) is 13.2 Å². The first-order valence-corrected chi connectivity index (χ1v) is 6.20. The molecule has 17 heavy (non-hydrogen) atoms. The molecule has 2 heterocycles. The normalized spacial score (nSPS) is 33.4. The molecule has 2 aliphatic heterocycles. The molecule has 0 bridgehead atoms. The summed E-state index contributed by atoms with van der Waals surface area (Å²) in [6.45, 7) is 7.42. The van der Waals surface area contributed by atoms with E-state index in [9.17, 15) is 4.79 Å². The Labute approximate surface area is 102 Å². The van der Waals surface area contributed by atoms with Crippen molar-refractivity contribution >= 4 is 6.09 Å². The standard InChI is InChI=1S/C12H22N2O3/c1-11(2,3)17-10(15)14-7-9(13)12(8-14)5-4-6-16-12/h9H,4-8,13H2,1-3H3/t9-,12+/m0/s1. The van der Waals surface area contributed by atoms with E-state index in [1.165, 1.54) is 0 Å². The molecule has 1 spiro atoms. The summed E-state index contributed by atoms with van der Waals surface area (Å²) < 4.78 is 11.1.